The number of carbonyl (C=O) groups is 3. The lowest BCUT2D eigenvalue weighted by Crippen LogP contribution is -2.58. The second kappa shape index (κ2) is 19.2. The normalized spacial score (nSPS) is 13.8. The van der Waals surface area contributed by atoms with E-state index in [1.54, 1.807) is 37.4 Å². The standard InChI is InChI=1S/C37H48N6O5S2/c1-26(48-37(2,3)4)33(42-35(45)43(5)22-31-20-38-24-49-31)34(44)40-29(18-27-12-8-6-9-13-27)16-17-30(19-28-14-10-7-11-15-28)41-36(46)47-23-32-21-39-25-50-32/h6-15,20-21,24-26,29-30,33H,16-19,22-23H2,1-5H3,(H,40,44)(H,41,46)(H,42,45). The molecule has 0 radical (unpaired) electrons. The Bertz CT molecular complexity index is 1580. The van der Waals surface area contributed by atoms with Crippen molar-refractivity contribution in [2.45, 2.75) is 96.4 Å². The first-order valence-corrected chi connectivity index (χ1v) is 18.5. The topological polar surface area (TPSA) is 135 Å². The number of hydrogen-bond donors (Lipinski definition) is 3. The quantitative estimate of drug-likeness (QED) is 0.116. The van der Waals surface area contributed by atoms with Crippen LogP contribution in [0.3, 0.4) is 0 Å². The third kappa shape index (κ3) is 13.5. The van der Waals surface area contributed by atoms with E-state index in [0.29, 0.717) is 32.2 Å². The predicted octanol–water partition coefficient (Wildman–Crippen LogP) is 6.36. The van der Waals surface area contributed by atoms with Crippen LogP contribution in [0.4, 0.5) is 9.59 Å². The molecule has 0 saturated heterocycles. The Morgan fingerprint density at radius 2 is 1.34 bits per heavy atom. The Morgan fingerprint density at radius 3 is 1.86 bits per heavy atom. The summed E-state index contributed by atoms with van der Waals surface area (Å²) in [6, 6.07) is 17.9. The number of hydrogen-bond acceptors (Lipinski definition) is 9. The Labute approximate surface area is 302 Å². The van der Waals surface area contributed by atoms with Gasteiger partial charge in [-0.3, -0.25) is 14.8 Å². The third-order valence-electron chi connectivity index (χ3n) is 7.80. The molecule has 0 aliphatic carbocycles. The van der Waals surface area contributed by atoms with E-state index in [2.05, 4.69) is 25.9 Å². The maximum absolute atomic E-state index is 14.1. The van der Waals surface area contributed by atoms with E-state index in [-0.39, 0.29) is 24.6 Å². The highest BCUT2D eigenvalue weighted by Crippen LogP contribution is 2.17. The molecule has 0 bridgehead atoms. The number of alkyl carbamates (subject to hydrolysis) is 1. The summed E-state index contributed by atoms with van der Waals surface area (Å²) >= 11 is 2.88. The minimum absolute atomic E-state index is 0.141. The first-order valence-electron chi connectivity index (χ1n) is 16.7. The molecule has 0 saturated carbocycles. The van der Waals surface area contributed by atoms with Crippen molar-refractivity contribution >= 4 is 40.7 Å². The van der Waals surface area contributed by atoms with Crippen LogP contribution in [0.2, 0.25) is 0 Å². The molecular formula is C37H48N6O5S2. The molecular weight excluding hydrogens is 673 g/mol. The molecule has 2 heterocycles. The fraction of sp³-hybridized carbons (Fsp3) is 0.432. The van der Waals surface area contributed by atoms with Crippen molar-refractivity contribution < 1.29 is 23.9 Å². The van der Waals surface area contributed by atoms with Crippen LogP contribution in [0.5, 0.6) is 0 Å². The Kier molecular flexibility index (Phi) is 14.7. The van der Waals surface area contributed by atoms with Gasteiger partial charge in [-0.25, -0.2) is 9.59 Å². The van der Waals surface area contributed by atoms with Gasteiger partial charge in [-0.15, -0.1) is 22.7 Å². The predicted molar refractivity (Wildman–Crippen MR) is 197 cm³/mol. The van der Waals surface area contributed by atoms with Gasteiger partial charge in [0.2, 0.25) is 5.91 Å². The number of nitrogens with one attached hydrogen (secondary N) is 3. The van der Waals surface area contributed by atoms with E-state index < -0.39 is 29.9 Å². The first-order chi connectivity index (χ1) is 23.9. The van der Waals surface area contributed by atoms with Crippen molar-refractivity contribution in [1.29, 1.82) is 0 Å². The molecule has 2 aromatic carbocycles. The number of thiazole rings is 2. The van der Waals surface area contributed by atoms with Crippen molar-refractivity contribution in [2.75, 3.05) is 7.05 Å². The SMILES string of the molecule is CC(OC(C)(C)C)C(NC(=O)N(C)Cc1cncs1)C(=O)NC(CCC(Cc1ccccc1)NC(=O)OCc1cncs1)Cc1ccccc1. The minimum Gasteiger partial charge on any atom is -0.444 e. The zero-order chi connectivity index (χ0) is 35.9. The maximum Gasteiger partial charge on any atom is 0.407 e. The van der Waals surface area contributed by atoms with Gasteiger partial charge in [0, 0.05) is 36.4 Å². The summed E-state index contributed by atoms with van der Waals surface area (Å²) in [5.41, 5.74) is 4.99. The van der Waals surface area contributed by atoms with Crippen molar-refractivity contribution in [3.63, 3.8) is 0 Å². The molecule has 4 rings (SSSR count). The lowest BCUT2D eigenvalue weighted by Gasteiger charge is -2.33. The fourth-order valence-corrected chi connectivity index (χ4v) is 6.64. The van der Waals surface area contributed by atoms with Crippen molar-refractivity contribution in [3.05, 3.63) is 105 Å². The van der Waals surface area contributed by atoms with E-state index in [4.69, 9.17) is 9.47 Å². The van der Waals surface area contributed by atoms with Gasteiger partial charge in [-0.2, -0.15) is 0 Å². The smallest absolute Gasteiger partial charge is 0.407 e. The van der Waals surface area contributed by atoms with Gasteiger partial charge in [0.05, 0.1) is 34.1 Å². The number of aromatic nitrogens is 2. The second-order valence-corrected chi connectivity index (χ2v) is 15.2. The molecule has 0 fully saturated rings. The molecule has 4 unspecified atom stereocenters. The molecule has 0 aliphatic rings. The minimum atomic E-state index is -0.969. The summed E-state index contributed by atoms with van der Waals surface area (Å²) in [5, 5.41) is 9.20. The Balaban J connectivity index is 1.50. The van der Waals surface area contributed by atoms with Gasteiger partial charge in [-0.05, 0) is 64.5 Å². The van der Waals surface area contributed by atoms with Crippen LogP contribution in [0.15, 0.2) is 84.1 Å². The van der Waals surface area contributed by atoms with E-state index >= 15 is 0 Å². The van der Waals surface area contributed by atoms with E-state index in [0.717, 1.165) is 20.9 Å². The summed E-state index contributed by atoms with van der Waals surface area (Å²) in [7, 11) is 1.68. The lowest BCUT2D eigenvalue weighted by molar-refractivity contribution is -0.131. The molecule has 268 valence electrons. The highest BCUT2D eigenvalue weighted by molar-refractivity contribution is 7.09. The van der Waals surface area contributed by atoms with Gasteiger partial charge in [0.25, 0.3) is 0 Å². The molecule has 13 heteroatoms. The second-order valence-electron chi connectivity index (χ2n) is 13.2. The molecule has 4 amide bonds. The number of amides is 4. The summed E-state index contributed by atoms with van der Waals surface area (Å²) in [6.45, 7) is 8.04. The number of urea groups is 1. The molecule has 3 N–H and O–H groups in total. The van der Waals surface area contributed by atoms with Crippen LogP contribution in [-0.4, -0.2) is 69.8 Å². The summed E-state index contributed by atoms with van der Waals surface area (Å²) in [4.78, 5) is 51.8. The van der Waals surface area contributed by atoms with E-state index in [1.807, 2.05) is 81.4 Å². The molecule has 50 heavy (non-hydrogen) atoms. The molecule has 0 aliphatic heterocycles. The summed E-state index contributed by atoms with van der Waals surface area (Å²) < 4.78 is 11.7. The van der Waals surface area contributed by atoms with E-state index in [9.17, 15) is 14.4 Å². The molecule has 4 atom stereocenters. The summed E-state index contributed by atoms with van der Waals surface area (Å²) in [6.07, 6.45) is 4.51. The van der Waals surface area contributed by atoms with Crippen LogP contribution >= 0.6 is 22.7 Å². The van der Waals surface area contributed by atoms with Crippen LogP contribution in [0, 0.1) is 0 Å². The van der Waals surface area contributed by atoms with Gasteiger partial charge in [0.15, 0.2) is 0 Å². The number of ether oxygens (including phenoxy) is 2. The van der Waals surface area contributed by atoms with Crippen LogP contribution < -0.4 is 16.0 Å². The first kappa shape index (κ1) is 38.5. The van der Waals surface area contributed by atoms with Crippen LogP contribution in [0.25, 0.3) is 0 Å². The van der Waals surface area contributed by atoms with Crippen molar-refractivity contribution in [1.82, 2.24) is 30.8 Å². The third-order valence-corrected chi connectivity index (χ3v) is 9.32. The maximum atomic E-state index is 14.1. The fourth-order valence-electron chi connectivity index (χ4n) is 5.49. The van der Waals surface area contributed by atoms with Crippen LogP contribution in [0.1, 0.15) is 61.4 Å². The summed E-state index contributed by atoms with van der Waals surface area (Å²) in [5.74, 6) is -0.348. The van der Waals surface area contributed by atoms with E-state index in [1.165, 1.54) is 27.6 Å². The Hall–Kier alpha value is -4.33. The van der Waals surface area contributed by atoms with Gasteiger partial charge in [0.1, 0.15) is 12.6 Å². The molecule has 0 spiro atoms. The van der Waals surface area contributed by atoms with Gasteiger partial charge in [-0.1, -0.05) is 60.7 Å². The van der Waals surface area contributed by atoms with Gasteiger partial charge >= 0.3 is 12.1 Å². The lowest BCUT2D eigenvalue weighted by atomic mass is 9.95. The zero-order valence-corrected chi connectivity index (χ0v) is 31.0. The van der Waals surface area contributed by atoms with Gasteiger partial charge < -0.3 is 30.3 Å². The average Bonchev–Trinajstić information content (AvgIpc) is 3.80. The number of rotatable bonds is 17. The largest absolute Gasteiger partial charge is 0.444 e. The zero-order valence-electron chi connectivity index (χ0n) is 29.3. The molecule has 11 nitrogen and oxygen atoms in total. The average molecular weight is 721 g/mol. The van der Waals surface area contributed by atoms with Crippen molar-refractivity contribution in [3.8, 4) is 0 Å². The molecule has 4 aromatic rings. The van der Waals surface area contributed by atoms with Crippen LogP contribution in [-0.2, 0) is 40.3 Å². The molecule has 2 aromatic heterocycles. The monoisotopic (exact) mass is 720 g/mol. The highest BCUT2D eigenvalue weighted by atomic mass is 32.1. The highest BCUT2D eigenvalue weighted by Gasteiger charge is 2.33. The Morgan fingerprint density at radius 1 is 0.800 bits per heavy atom. The number of carbonyl (C=O) groups excluding carboxylic acids is 3. The number of benzene rings is 2. The van der Waals surface area contributed by atoms with Crippen molar-refractivity contribution in [2.24, 2.45) is 0 Å². The number of nitrogens with zero attached hydrogens (tertiary/aromatic N) is 3.